The van der Waals surface area contributed by atoms with E-state index in [2.05, 4.69) is 4.98 Å². The fraction of sp³-hybridized carbons (Fsp3) is 0.125. The normalized spacial score (nSPS) is 11.2. The molecule has 0 amide bonds. The van der Waals surface area contributed by atoms with Crippen LogP contribution in [0.25, 0.3) is 11.0 Å². The summed E-state index contributed by atoms with van der Waals surface area (Å²) in [5.74, 6) is -1.00. The van der Waals surface area contributed by atoms with Crippen LogP contribution >= 0.6 is 11.6 Å². The van der Waals surface area contributed by atoms with Crippen LogP contribution in [-0.2, 0) is 21.2 Å². The number of hydrogen-bond acceptors (Lipinski definition) is 4. The van der Waals surface area contributed by atoms with Crippen LogP contribution < -0.4 is 0 Å². The quantitative estimate of drug-likeness (QED) is 0.535. The maximum atomic E-state index is 13.0. The van der Waals surface area contributed by atoms with Crippen LogP contribution in [0.4, 0.5) is 0 Å². The average molecular weight is 389 g/mol. The van der Waals surface area contributed by atoms with Crippen molar-refractivity contribution >= 4 is 68.2 Å². The Morgan fingerprint density at radius 1 is 1.16 bits per heavy atom. The van der Waals surface area contributed by atoms with Crippen LogP contribution in [0.1, 0.15) is 12.1 Å². The van der Waals surface area contributed by atoms with E-state index >= 15 is 0 Å². The number of nitrogens with zero attached hydrogens (tertiary/aromatic N) is 2. The number of aryl methyl sites for hydroxylation is 1. The Hall–Kier alpha value is -1.38. The Balaban J connectivity index is 0.00000225. The molecule has 1 aromatic carbocycles. The van der Waals surface area contributed by atoms with Crippen molar-refractivity contribution in [3.63, 3.8) is 0 Å². The fourth-order valence-electron chi connectivity index (χ4n) is 2.48. The van der Waals surface area contributed by atoms with Gasteiger partial charge in [0.15, 0.2) is 0 Å². The van der Waals surface area contributed by atoms with E-state index in [-0.39, 0.29) is 52.4 Å². The van der Waals surface area contributed by atoms with Gasteiger partial charge in [-0.1, -0.05) is 29.8 Å². The average Bonchev–Trinajstić information content (AvgIpc) is 2.91. The van der Waals surface area contributed by atoms with Crippen molar-refractivity contribution < 1.29 is 18.3 Å². The van der Waals surface area contributed by atoms with E-state index in [0.717, 1.165) is 3.97 Å². The second-order valence-electron chi connectivity index (χ2n) is 5.15. The van der Waals surface area contributed by atoms with Crippen LogP contribution in [-0.4, -0.2) is 58.0 Å². The number of carbonyl (C=O) groups is 1. The van der Waals surface area contributed by atoms with Crippen molar-refractivity contribution in [1.29, 1.82) is 0 Å². The fourth-order valence-corrected chi connectivity index (χ4v) is 4.21. The molecule has 3 rings (SSSR count). The molecule has 0 saturated carbocycles. The topological polar surface area (TPSA) is 89.3 Å². The summed E-state index contributed by atoms with van der Waals surface area (Å²) in [7, 11) is -3.87. The minimum atomic E-state index is -3.87. The van der Waals surface area contributed by atoms with E-state index in [4.69, 9.17) is 16.7 Å². The van der Waals surface area contributed by atoms with Gasteiger partial charge in [-0.25, -0.2) is 17.4 Å². The summed E-state index contributed by atoms with van der Waals surface area (Å²) in [4.78, 5) is 15.1. The summed E-state index contributed by atoms with van der Waals surface area (Å²) in [6.07, 6.45) is -0.121. The van der Waals surface area contributed by atoms with Crippen molar-refractivity contribution in [3.8, 4) is 0 Å². The van der Waals surface area contributed by atoms with E-state index in [1.54, 1.807) is 30.3 Å². The molecule has 3 aromatic rings. The zero-order valence-corrected chi connectivity index (χ0v) is 14.0. The number of benzene rings is 1. The van der Waals surface area contributed by atoms with Crippen molar-refractivity contribution in [3.05, 3.63) is 59.4 Å². The molecule has 0 aliphatic rings. The summed E-state index contributed by atoms with van der Waals surface area (Å²) in [5, 5.41) is 9.15. The van der Waals surface area contributed by atoms with Gasteiger partial charge in [0.1, 0.15) is 5.15 Å². The van der Waals surface area contributed by atoms with E-state index in [1.165, 1.54) is 18.2 Å². The number of aliphatic carboxylic acids is 1. The molecular weight excluding hydrogens is 375 g/mol. The number of rotatable bonds is 5. The molecule has 0 bridgehead atoms. The number of fused-ring (bicyclic) bond motifs is 1. The molecule has 0 fully saturated rings. The van der Waals surface area contributed by atoms with E-state index in [1.807, 2.05) is 0 Å². The van der Waals surface area contributed by atoms with Crippen LogP contribution in [0.2, 0.25) is 5.15 Å². The Morgan fingerprint density at radius 3 is 2.48 bits per heavy atom. The van der Waals surface area contributed by atoms with Gasteiger partial charge in [-0.05, 0) is 36.8 Å². The third-order valence-corrected chi connectivity index (χ3v) is 5.52. The maximum absolute atomic E-state index is 13.0. The van der Waals surface area contributed by atoms with E-state index in [9.17, 15) is 13.2 Å². The zero-order chi connectivity index (χ0) is 17.3. The van der Waals surface area contributed by atoms with Crippen molar-refractivity contribution in [1.82, 2.24) is 8.96 Å². The van der Waals surface area contributed by atoms with Gasteiger partial charge in [-0.15, -0.1) is 0 Å². The molecule has 0 aliphatic heterocycles. The predicted molar refractivity (Wildman–Crippen MR) is 96.9 cm³/mol. The van der Waals surface area contributed by atoms with Gasteiger partial charge in [0.05, 0.1) is 22.3 Å². The van der Waals surface area contributed by atoms with Crippen LogP contribution in [0.5, 0.6) is 0 Å². The van der Waals surface area contributed by atoms with Gasteiger partial charge in [-0.3, -0.25) is 4.79 Å². The second-order valence-corrected chi connectivity index (χ2v) is 7.32. The van der Waals surface area contributed by atoms with E-state index < -0.39 is 16.0 Å². The first-order valence-corrected chi connectivity index (χ1v) is 8.91. The van der Waals surface area contributed by atoms with Gasteiger partial charge < -0.3 is 5.11 Å². The Labute approximate surface area is 171 Å². The number of pyridine rings is 1. The van der Waals surface area contributed by atoms with Gasteiger partial charge in [-0.2, -0.15) is 0 Å². The number of carboxylic acids is 1. The standard InChI is InChI=1S/C16H13ClN2O4S.Na.H/c17-15-8-7-14-13(18-15)10-11(6-9-16(20)21)19(14)24(22,23)12-4-2-1-3-5-12;;/h1-5,7-8,10H,6,9H2,(H,20,21);;. The number of aromatic nitrogens is 2. The first kappa shape index (κ1) is 19.9. The molecule has 2 aromatic heterocycles. The van der Waals surface area contributed by atoms with Crippen molar-refractivity contribution in [2.75, 3.05) is 0 Å². The molecule has 6 nitrogen and oxygen atoms in total. The zero-order valence-electron chi connectivity index (χ0n) is 12.4. The minimum absolute atomic E-state index is 0. The molecule has 0 spiro atoms. The summed E-state index contributed by atoms with van der Waals surface area (Å²) < 4.78 is 27.2. The van der Waals surface area contributed by atoms with Crippen molar-refractivity contribution in [2.45, 2.75) is 17.7 Å². The van der Waals surface area contributed by atoms with Gasteiger partial charge in [0, 0.05) is 5.69 Å². The molecule has 0 saturated heterocycles. The summed E-state index contributed by atoms with van der Waals surface area (Å²) in [6.45, 7) is 0. The third kappa shape index (κ3) is 4.07. The summed E-state index contributed by atoms with van der Waals surface area (Å²) >= 11 is 5.88. The molecular formula is C16H14ClN2NaO4S. The van der Waals surface area contributed by atoms with Crippen LogP contribution in [0, 0.1) is 0 Å². The monoisotopic (exact) mass is 388 g/mol. The first-order valence-electron chi connectivity index (χ1n) is 7.09. The Kier molecular flexibility index (Phi) is 6.29. The predicted octanol–water partition coefficient (Wildman–Crippen LogP) is 2.30. The number of halogens is 1. The number of hydrogen-bond donors (Lipinski definition) is 1. The molecule has 25 heavy (non-hydrogen) atoms. The molecule has 0 unspecified atom stereocenters. The summed E-state index contributed by atoms with van der Waals surface area (Å²) in [5.41, 5.74) is 1.12. The molecule has 9 heteroatoms. The van der Waals surface area contributed by atoms with Gasteiger partial charge in [0.2, 0.25) is 0 Å². The second kappa shape index (κ2) is 7.88. The SMILES string of the molecule is O=C(O)CCc1cc2nc(Cl)ccc2n1S(=O)(=O)c1ccccc1.[NaH]. The van der Waals surface area contributed by atoms with Crippen molar-refractivity contribution in [2.24, 2.45) is 0 Å². The molecule has 126 valence electrons. The molecule has 2 heterocycles. The summed E-state index contributed by atoms with van der Waals surface area (Å²) in [6, 6.07) is 12.6. The third-order valence-electron chi connectivity index (χ3n) is 3.53. The van der Waals surface area contributed by atoms with E-state index in [0.29, 0.717) is 16.7 Å². The Bertz CT molecular complexity index is 1020. The molecule has 0 radical (unpaired) electrons. The van der Waals surface area contributed by atoms with Crippen LogP contribution in [0.3, 0.4) is 0 Å². The molecule has 0 aliphatic carbocycles. The molecule has 1 N–H and O–H groups in total. The van der Waals surface area contributed by atoms with Gasteiger partial charge >= 0.3 is 35.5 Å². The van der Waals surface area contributed by atoms with Crippen LogP contribution in [0.15, 0.2) is 53.4 Å². The molecule has 0 atom stereocenters. The Morgan fingerprint density at radius 2 is 1.84 bits per heavy atom. The van der Waals surface area contributed by atoms with Gasteiger partial charge in [0.25, 0.3) is 10.0 Å². The number of carboxylic acid groups (broad SMARTS) is 1. The first-order chi connectivity index (χ1) is 11.4.